The van der Waals surface area contributed by atoms with E-state index in [0.717, 1.165) is 22.6 Å². The molecule has 1 heterocycles. The molecule has 0 saturated heterocycles. The zero-order valence-electron chi connectivity index (χ0n) is 15.1. The van der Waals surface area contributed by atoms with Crippen molar-refractivity contribution in [2.24, 2.45) is 5.10 Å². The lowest BCUT2D eigenvalue weighted by molar-refractivity contribution is 0.0950. The minimum atomic E-state index is -0.381. The molecule has 27 heavy (non-hydrogen) atoms. The zero-order valence-corrected chi connectivity index (χ0v) is 15.1. The molecule has 3 aromatic rings. The average molecular weight is 364 g/mol. The first-order chi connectivity index (χ1) is 13.2. The van der Waals surface area contributed by atoms with Gasteiger partial charge in [-0.15, -0.1) is 0 Å². The van der Waals surface area contributed by atoms with Crippen molar-refractivity contribution in [2.45, 2.75) is 6.92 Å². The highest BCUT2D eigenvalue weighted by Gasteiger charge is 2.11. The average Bonchev–Trinajstić information content (AvgIpc) is 3.19. The number of nitrogens with zero attached hydrogens (tertiary/aromatic N) is 2. The van der Waals surface area contributed by atoms with Gasteiger partial charge in [0.1, 0.15) is 17.2 Å². The van der Waals surface area contributed by atoms with Crippen molar-refractivity contribution < 1.29 is 14.3 Å². The first kappa shape index (κ1) is 18.2. The fraction of sp³-hybridized carbons (Fsp3) is 0.150. The molecule has 0 atom stereocenters. The number of hydrogen-bond donors (Lipinski definition) is 2. The van der Waals surface area contributed by atoms with E-state index in [1.165, 1.54) is 0 Å². The summed E-state index contributed by atoms with van der Waals surface area (Å²) >= 11 is 0. The fourth-order valence-electron chi connectivity index (χ4n) is 2.45. The van der Waals surface area contributed by atoms with Gasteiger partial charge in [-0.1, -0.05) is 24.3 Å². The number of carbonyl (C=O) groups is 1. The summed E-state index contributed by atoms with van der Waals surface area (Å²) < 4.78 is 10.6. The lowest BCUT2D eigenvalue weighted by Gasteiger charge is -2.03. The number of hydrogen-bond acceptors (Lipinski definition) is 5. The number of hydrazone groups is 1. The van der Waals surface area contributed by atoms with E-state index in [9.17, 15) is 4.79 Å². The molecule has 0 fully saturated rings. The molecule has 0 unspecified atom stereocenters. The van der Waals surface area contributed by atoms with Crippen LogP contribution < -0.4 is 14.9 Å². The molecule has 0 aliphatic rings. The van der Waals surface area contributed by atoms with Crippen LogP contribution in [0.15, 0.2) is 59.7 Å². The monoisotopic (exact) mass is 364 g/mol. The number of carbonyl (C=O) groups excluding carboxylic acids is 1. The number of amides is 1. The second-order valence-electron chi connectivity index (χ2n) is 5.60. The molecule has 0 radical (unpaired) electrons. The SMILES string of the molecule is CCOc1cccc(-c2cc(C(=O)N/N=C\c3cccc(OC)c3)[nH]n2)c1. The molecule has 0 spiro atoms. The largest absolute Gasteiger partial charge is 0.497 e. The molecular weight excluding hydrogens is 344 g/mol. The van der Waals surface area contributed by atoms with Gasteiger partial charge in [-0.2, -0.15) is 10.2 Å². The van der Waals surface area contributed by atoms with Gasteiger partial charge in [-0.25, -0.2) is 5.43 Å². The number of aromatic nitrogens is 2. The van der Waals surface area contributed by atoms with Gasteiger partial charge in [-0.05, 0) is 42.8 Å². The zero-order chi connectivity index (χ0) is 19.1. The summed E-state index contributed by atoms with van der Waals surface area (Å²) in [4.78, 5) is 12.2. The Morgan fingerprint density at radius 1 is 1.19 bits per heavy atom. The summed E-state index contributed by atoms with van der Waals surface area (Å²) in [5, 5.41) is 10.9. The third kappa shape index (κ3) is 4.72. The highest BCUT2D eigenvalue weighted by molar-refractivity contribution is 5.94. The van der Waals surface area contributed by atoms with Gasteiger partial charge >= 0.3 is 0 Å². The summed E-state index contributed by atoms with van der Waals surface area (Å²) in [5.74, 6) is 1.10. The van der Waals surface area contributed by atoms with Gasteiger partial charge < -0.3 is 9.47 Å². The number of nitrogens with one attached hydrogen (secondary N) is 2. The number of ether oxygens (including phenoxy) is 2. The first-order valence-corrected chi connectivity index (χ1v) is 8.45. The van der Waals surface area contributed by atoms with Crippen molar-refractivity contribution in [3.63, 3.8) is 0 Å². The van der Waals surface area contributed by atoms with Gasteiger partial charge in [0.2, 0.25) is 0 Å². The Labute approximate surface area is 157 Å². The van der Waals surface area contributed by atoms with Crippen molar-refractivity contribution in [1.82, 2.24) is 15.6 Å². The Morgan fingerprint density at radius 3 is 2.81 bits per heavy atom. The molecule has 3 rings (SSSR count). The van der Waals surface area contributed by atoms with Crippen LogP contribution in [0.25, 0.3) is 11.3 Å². The molecular formula is C20H20N4O3. The molecule has 2 aromatic carbocycles. The van der Waals surface area contributed by atoms with Gasteiger partial charge in [0.15, 0.2) is 0 Å². The Kier molecular flexibility index (Phi) is 5.84. The van der Waals surface area contributed by atoms with Crippen LogP contribution in [0.2, 0.25) is 0 Å². The molecule has 1 amide bonds. The van der Waals surface area contributed by atoms with Crippen LogP contribution in [-0.4, -0.2) is 36.0 Å². The minimum Gasteiger partial charge on any atom is -0.497 e. The van der Waals surface area contributed by atoms with Crippen molar-refractivity contribution in [3.05, 3.63) is 65.9 Å². The molecule has 0 aliphatic heterocycles. The third-order valence-corrected chi connectivity index (χ3v) is 3.74. The Hall–Kier alpha value is -3.61. The lowest BCUT2D eigenvalue weighted by Crippen LogP contribution is -2.18. The van der Waals surface area contributed by atoms with E-state index in [4.69, 9.17) is 9.47 Å². The molecule has 7 heteroatoms. The van der Waals surface area contributed by atoms with E-state index in [1.54, 1.807) is 19.4 Å². The summed E-state index contributed by atoms with van der Waals surface area (Å²) in [7, 11) is 1.60. The number of H-pyrrole nitrogens is 1. The van der Waals surface area contributed by atoms with E-state index < -0.39 is 0 Å². The number of rotatable bonds is 7. The smallest absolute Gasteiger partial charge is 0.289 e. The van der Waals surface area contributed by atoms with Crippen molar-refractivity contribution in [2.75, 3.05) is 13.7 Å². The maximum absolute atomic E-state index is 12.2. The minimum absolute atomic E-state index is 0.314. The van der Waals surface area contributed by atoms with Gasteiger partial charge in [0.05, 0.1) is 25.6 Å². The standard InChI is InChI=1S/C20H20N4O3/c1-3-27-17-9-5-7-15(11-17)18-12-19(23-22-18)20(25)24-21-13-14-6-4-8-16(10-14)26-2/h4-13H,3H2,1-2H3,(H,22,23)(H,24,25)/b21-13-. The topological polar surface area (TPSA) is 88.6 Å². The fourth-order valence-corrected chi connectivity index (χ4v) is 2.45. The summed E-state index contributed by atoms with van der Waals surface area (Å²) in [6.07, 6.45) is 1.54. The van der Waals surface area contributed by atoms with Crippen LogP contribution in [0, 0.1) is 0 Å². The van der Waals surface area contributed by atoms with E-state index >= 15 is 0 Å². The van der Waals surface area contributed by atoms with Crippen LogP contribution in [0.4, 0.5) is 0 Å². The lowest BCUT2D eigenvalue weighted by atomic mass is 10.1. The predicted octanol–water partition coefficient (Wildman–Crippen LogP) is 3.25. The number of benzene rings is 2. The van der Waals surface area contributed by atoms with Crippen LogP contribution >= 0.6 is 0 Å². The third-order valence-electron chi connectivity index (χ3n) is 3.74. The maximum atomic E-state index is 12.2. The highest BCUT2D eigenvalue weighted by atomic mass is 16.5. The molecule has 138 valence electrons. The second-order valence-corrected chi connectivity index (χ2v) is 5.60. The van der Waals surface area contributed by atoms with Gasteiger partial charge in [-0.3, -0.25) is 9.89 Å². The van der Waals surface area contributed by atoms with Crippen LogP contribution in [0.1, 0.15) is 23.0 Å². The molecule has 1 aromatic heterocycles. The molecule has 0 saturated carbocycles. The Morgan fingerprint density at radius 2 is 2.00 bits per heavy atom. The first-order valence-electron chi connectivity index (χ1n) is 8.45. The molecule has 0 bridgehead atoms. The van der Waals surface area contributed by atoms with Crippen LogP contribution in [0.5, 0.6) is 11.5 Å². The maximum Gasteiger partial charge on any atom is 0.289 e. The summed E-state index contributed by atoms with van der Waals surface area (Å²) in [6, 6.07) is 16.6. The van der Waals surface area contributed by atoms with Gasteiger partial charge in [0, 0.05) is 5.56 Å². The quantitative estimate of drug-likeness (QED) is 0.497. The molecule has 7 nitrogen and oxygen atoms in total. The van der Waals surface area contributed by atoms with E-state index in [0.29, 0.717) is 18.0 Å². The van der Waals surface area contributed by atoms with E-state index in [2.05, 4.69) is 20.7 Å². The normalized spacial score (nSPS) is 10.7. The number of methoxy groups -OCH3 is 1. The molecule has 2 N–H and O–H groups in total. The highest BCUT2D eigenvalue weighted by Crippen LogP contribution is 2.22. The van der Waals surface area contributed by atoms with Crippen LogP contribution in [0.3, 0.4) is 0 Å². The summed E-state index contributed by atoms with van der Waals surface area (Å²) in [5.41, 5.74) is 5.11. The van der Waals surface area contributed by atoms with E-state index in [1.807, 2.05) is 55.5 Å². The predicted molar refractivity (Wildman–Crippen MR) is 103 cm³/mol. The van der Waals surface area contributed by atoms with Crippen molar-refractivity contribution in [3.8, 4) is 22.8 Å². The van der Waals surface area contributed by atoms with Crippen molar-refractivity contribution in [1.29, 1.82) is 0 Å². The van der Waals surface area contributed by atoms with Gasteiger partial charge in [0.25, 0.3) is 5.91 Å². The molecule has 0 aliphatic carbocycles. The summed E-state index contributed by atoms with van der Waals surface area (Å²) in [6.45, 7) is 2.51. The number of aromatic amines is 1. The Bertz CT molecular complexity index is 950. The van der Waals surface area contributed by atoms with Crippen molar-refractivity contribution >= 4 is 12.1 Å². The van der Waals surface area contributed by atoms with Crippen LogP contribution in [-0.2, 0) is 0 Å². The van der Waals surface area contributed by atoms with E-state index in [-0.39, 0.29) is 5.91 Å². The second kappa shape index (κ2) is 8.66. The Balaban J connectivity index is 1.66.